The van der Waals surface area contributed by atoms with Gasteiger partial charge in [-0.15, -0.1) is 0 Å². The molecule has 0 amide bonds. The van der Waals surface area contributed by atoms with Gasteiger partial charge in [-0.1, -0.05) is 12.1 Å². The van der Waals surface area contributed by atoms with E-state index < -0.39 is 0 Å². The molecule has 0 saturated carbocycles. The summed E-state index contributed by atoms with van der Waals surface area (Å²) in [6, 6.07) is 14.0. The number of nitrogens with two attached hydrogens (primary N) is 1. The number of nitrogens with one attached hydrogen (secondary N) is 1. The molecular formula is C19H15N7. The average molecular weight is 341 g/mol. The molecule has 126 valence electrons. The number of hydrogen-bond acceptors (Lipinski definition) is 5. The van der Waals surface area contributed by atoms with Crippen LogP contribution >= 0.6 is 0 Å². The van der Waals surface area contributed by atoms with Crippen LogP contribution in [-0.2, 0) is 6.54 Å². The first kappa shape index (κ1) is 15.6. The molecule has 0 saturated heterocycles. The van der Waals surface area contributed by atoms with E-state index in [1.807, 2.05) is 42.6 Å². The maximum atomic E-state index is 7.28. The first-order valence-corrected chi connectivity index (χ1v) is 8.00. The number of nitrogens with zero attached hydrogens (tertiary/aromatic N) is 5. The Morgan fingerprint density at radius 1 is 1.12 bits per heavy atom. The lowest BCUT2D eigenvalue weighted by Gasteiger charge is -2.10. The molecular weight excluding hydrogens is 326 g/mol. The smallest absolute Gasteiger partial charge is 0.268 e. The number of rotatable bonds is 4. The van der Waals surface area contributed by atoms with Crippen molar-refractivity contribution in [3.05, 3.63) is 78.2 Å². The molecule has 0 fully saturated rings. The van der Waals surface area contributed by atoms with Crippen molar-refractivity contribution in [3.63, 3.8) is 0 Å². The lowest BCUT2D eigenvalue weighted by Crippen LogP contribution is -2.04. The van der Waals surface area contributed by atoms with Crippen molar-refractivity contribution in [2.75, 3.05) is 11.1 Å². The molecule has 0 radical (unpaired) electrons. The summed E-state index contributed by atoms with van der Waals surface area (Å²) >= 11 is 0. The summed E-state index contributed by atoms with van der Waals surface area (Å²) in [5, 5.41) is 3.21. The Kier molecular flexibility index (Phi) is 3.92. The molecule has 0 atom stereocenters. The zero-order valence-corrected chi connectivity index (χ0v) is 13.8. The van der Waals surface area contributed by atoms with Crippen LogP contribution < -0.4 is 11.1 Å². The summed E-state index contributed by atoms with van der Waals surface area (Å²) in [6.45, 7) is 7.76. The second-order valence-electron chi connectivity index (χ2n) is 5.65. The summed E-state index contributed by atoms with van der Waals surface area (Å²) in [4.78, 5) is 15.9. The molecule has 4 aromatic rings. The molecule has 4 heterocycles. The van der Waals surface area contributed by atoms with Gasteiger partial charge in [-0.05, 0) is 35.9 Å². The molecule has 0 bridgehead atoms. The molecule has 4 aromatic heterocycles. The van der Waals surface area contributed by atoms with E-state index in [1.165, 1.54) is 6.33 Å². The molecule has 0 aromatic carbocycles. The van der Waals surface area contributed by atoms with Crippen LogP contribution in [0.5, 0.6) is 0 Å². The molecule has 0 aliphatic heterocycles. The van der Waals surface area contributed by atoms with Gasteiger partial charge < -0.3 is 15.5 Å². The Labute approximate surface area is 150 Å². The van der Waals surface area contributed by atoms with Crippen molar-refractivity contribution in [2.45, 2.75) is 6.54 Å². The molecule has 4 rings (SSSR count). The summed E-state index contributed by atoms with van der Waals surface area (Å²) in [5.74, 6) is 0.596. The zero-order chi connectivity index (χ0) is 17.9. The summed E-state index contributed by atoms with van der Waals surface area (Å²) < 4.78 is 2.10. The molecule has 0 aliphatic rings. The fraction of sp³-hybridized carbons (Fsp3) is 0.0526. The lowest BCUT2D eigenvalue weighted by molar-refractivity contribution is 1.08. The first-order valence-electron chi connectivity index (χ1n) is 8.00. The molecule has 7 heteroatoms. The molecule has 0 unspecified atom stereocenters. The normalized spacial score (nSPS) is 10.6. The van der Waals surface area contributed by atoms with Gasteiger partial charge in [-0.25, -0.2) is 14.8 Å². The van der Waals surface area contributed by atoms with Crippen molar-refractivity contribution in [2.24, 2.45) is 0 Å². The largest absolute Gasteiger partial charge is 0.392 e. The number of anilines is 2. The van der Waals surface area contributed by atoms with Gasteiger partial charge in [0.05, 0.1) is 18.0 Å². The van der Waals surface area contributed by atoms with Crippen molar-refractivity contribution in [1.29, 1.82) is 0 Å². The van der Waals surface area contributed by atoms with E-state index in [2.05, 4.69) is 35.6 Å². The van der Waals surface area contributed by atoms with Gasteiger partial charge in [0.2, 0.25) is 0 Å². The van der Waals surface area contributed by atoms with E-state index >= 15 is 0 Å². The van der Waals surface area contributed by atoms with E-state index in [0.29, 0.717) is 12.4 Å². The highest BCUT2D eigenvalue weighted by molar-refractivity contribution is 5.76. The van der Waals surface area contributed by atoms with Gasteiger partial charge in [0.15, 0.2) is 0 Å². The van der Waals surface area contributed by atoms with E-state index in [9.17, 15) is 0 Å². The fourth-order valence-corrected chi connectivity index (χ4v) is 2.92. The van der Waals surface area contributed by atoms with Crippen molar-refractivity contribution >= 4 is 22.8 Å². The predicted molar refractivity (Wildman–Crippen MR) is 101 cm³/mol. The van der Waals surface area contributed by atoms with Crippen LogP contribution in [0.15, 0.2) is 61.2 Å². The molecule has 0 aliphatic carbocycles. The highest BCUT2D eigenvalue weighted by atomic mass is 15.1. The van der Waals surface area contributed by atoms with Crippen LogP contribution in [0.4, 0.5) is 17.3 Å². The topological polar surface area (TPSA) is 85.5 Å². The van der Waals surface area contributed by atoms with Crippen LogP contribution in [-0.4, -0.2) is 19.4 Å². The van der Waals surface area contributed by atoms with E-state index in [1.54, 1.807) is 6.20 Å². The number of hydrogen-bond donors (Lipinski definition) is 2. The Hall–Kier alpha value is -3.92. The highest BCUT2D eigenvalue weighted by Crippen LogP contribution is 2.30. The van der Waals surface area contributed by atoms with Gasteiger partial charge in [0, 0.05) is 24.5 Å². The van der Waals surface area contributed by atoms with Crippen LogP contribution in [0.1, 0.15) is 5.56 Å². The summed E-state index contributed by atoms with van der Waals surface area (Å²) in [6.07, 6.45) is 5.13. The Bertz CT molecular complexity index is 1110. The van der Waals surface area contributed by atoms with Crippen LogP contribution in [0.3, 0.4) is 0 Å². The third-order valence-corrected chi connectivity index (χ3v) is 4.07. The number of nitrogen functional groups attached to an aromatic ring is 1. The Balaban J connectivity index is 1.76. The number of fused-ring (bicyclic) bond motifs is 1. The standard InChI is InChI=1S/C19H15N7/c1-21-16-18(20)24-12-25-19(16)23-11-13-10-14-6-3-5-9-26(14)17(13)15-7-2-4-8-22-15/h2-10,12H,11H2,(H3,20,23,24,25). The van der Waals surface area contributed by atoms with Crippen LogP contribution in [0.2, 0.25) is 0 Å². The van der Waals surface area contributed by atoms with E-state index in [0.717, 1.165) is 22.5 Å². The minimum Gasteiger partial charge on any atom is -0.392 e. The Morgan fingerprint density at radius 2 is 2.00 bits per heavy atom. The number of aromatic nitrogens is 4. The molecule has 26 heavy (non-hydrogen) atoms. The summed E-state index contributed by atoms with van der Waals surface area (Å²) in [5.41, 5.74) is 9.99. The molecule has 3 N–H and O–H groups in total. The minimum absolute atomic E-state index is 0.171. The second kappa shape index (κ2) is 6.53. The molecule has 0 spiro atoms. The van der Waals surface area contributed by atoms with Crippen molar-refractivity contribution < 1.29 is 0 Å². The van der Waals surface area contributed by atoms with E-state index in [-0.39, 0.29) is 11.5 Å². The fourth-order valence-electron chi connectivity index (χ4n) is 2.92. The minimum atomic E-state index is 0.171. The van der Waals surface area contributed by atoms with Gasteiger partial charge in [0.25, 0.3) is 5.69 Å². The van der Waals surface area contributed by atoms with Gasteiger partial charge in [-0.2, -0.15) is 0 Å². The molecule has 7 nitrogen and oxygen atoms in total. The maximum absolute atomic E-state index is 7.28. The maximum Gasteiger partial charge on any atom is 0.268 e. The zero-order valence-electron chi connectivity index (χ0n) is 13.8. The third-order valence-electron chi connectivity index (χ3n) is 4.07. The highest BCUT2D eigenvalue weighted by Gasteiger charge is 2.14. The number of pyridine rings is 2. The van der Waals surface area contributed by atoms with Gasteiger partial charge >= 0.3 is 0 Å². The van der Waals surface area contributed by atoms with Crippen molar-refractivity contribution in [1.82, 2.24) is 19.4 Å². The quantitative estimate of drug-likeness (QED) is 0.555. The SMILES string of the molecule is [C-]#[N+]c1c(N)ncnc1NCc1cc2ccccn2c1-c1ccccn1. The van der Waals surface area contributed by atoms with Crippen molar-refractivity contribution in [3.8, 4) is 11.4 Å². The average Bonchev–Trinajstić information content (AvgIpc) is 3.05. The van der Waals surface area contributed by atoms with Crippen LogP contribution in [0.25, 0.3) is 21.7 Å². The second-order valence-corrected chi connectivity index (χ2v) is 5.65. The summed E-state index contributed by atoms with van der Waals surface area (Å²) in [7, 11) is 0. The van der Waals surface area contributed by atoms with E-state index in [4.69, 9.17) is 12.3 Å². The third kappa shape index (κ3) is 2.70. The van der Waals surface area contributed by atoms with Gasteiger partial charge in [0.1, 0.15) is 18.0 Å². The monoisotopic (exact) mass is 341 g/mol. The van der Waals surface area contributed by atoms with Gasteiger partial charge in [-0.3, -0.25) is 4.98 Å². The lowest BCUT2D eigenvalue weighted by atomic mass is 10.1. The van der Waals surface area contributed by atoms with Crippen LogP contribution in [0, 0.1) is 6.57 Å². The first-order chi connectivity index (χ1) is 12.8. The Morgan fingerprint density at radius 3 is 2.81 bits per heavy atom. The predicted octanol–water partition coefficient (Wildman–Crippen LogP) is 3.54.